The Morgan fingerprint density at radius 3 is 2.61 bits per heavy atom. The summed E-state index contributed by atoms with van der Waals surface area (Å²) in [4.78, 5) is 18.8. The van der Waals surface area contributed by atoms with Crippen LogP contribution in [0, 0.1) is 0 Å². The third kappa shape index (κ3) is 8.70. The molecule has 0 bridgehead atoms. The number of thiazole rings is 1. The Balaban J connectivity index is 1.50. The SMILES string of the molecule is CCOC(=O)C(C)Oc1ccc(SCc2sc(-c3ccc(C(F)(F)F)cc3)nc2COC2CCCCO2)cc1CC. The molecule has 2 heterocycles. The van der Waals surface area contributed by atoms with E-state index in [9.17, 15) is 18.0 Å². The second kappa shape index (κ2) is 14.5. The summed E-state index contributed by atoms with van der Waals surface area (Å²) in [6.07, 6.45) is -1.79. The summed E-state index contributed by atoms with van der Waals surface area (Å²) in [5, 5.41) is 0.642. The smallest absolute Gasteiger partial charge is 0.416 e. The van der Waals surface area contributed by atoms with E-state index in [2.05, 4.69) is 0 Å². The summed E-state index contributed by atoms with van der Waals surface area (Å²) in [5.74, 6) is 0.835. The normalized spacial score (nSPS) is 16.4. The number of ether oxygens (including phenoxy) is 4. The maximum atomic E-state index is 13.1. The highest BCUT2D eigenvalue weighted by atomic mass is 32.2. The lowest BCUT2D eigenvalue weighted by molar-refractivity contribution is -0.169. The summed E-state index contributed by atoms with van der Waals surface area (Å²) in [7, 11) is 0. The van der Waals surface area contributed by atoms with Gasteiger partial charge in [0.05, 0.1) is 24.5 Å². The molecule has 1 aliphatic rings. The molecule has 0 spiro atoms. The summed E-state index contributed by atoms with van der Waals surface area (Å²) < 4.78 is 61.8. The Morgan fingerprint density at radius 1 is 1.17 bits per heavy atom. The van der Waals surface area contributed by atoms with Crippen LogP contribution in [0.1, 0.15) is 61.7 Å². The van der Waals surface area contributed by atoms with E-state index in [-0.39, 0.29) is 12.9 Å². The quantitative estimate of drug-likeness (QED) is 0.152. The van der Waals surface area contributed by atoms with E-state index in [1.165, 1.54) is 23.5 Å². The van der Waals surface area contributed by atoms with Crippen molar-refractivity contribution < 1.29 is 36.9 Å². The van der Waals surface area contributed by atoms with Crippen LogP contribution < -0.4 is 4.74 Å². The molecule has 0 saturated carbocycles. The molecule has 41 heavy (non-hydrogen) atoms. The van der Waals surface area contributed by atoms with E-state index in [4.69, 9.17) is 23.9 Å². The minimum absolute atomic E-state index is 0.260. The van der Waals surface area contributed by atoms with Gasteiger partial charge in [-0.05, 0) is 75.4 Å². The van der Waals surface area contributed by atoms with Crippen LogP contribution in [0.15, 0.2) is 47.4 Å². The Hall–Kier alpha value is -2.60. The number of halogens is 3. The van der Waals surface area contributed by atoms with Gasteiger partial charge in [-0.3, -0.25) is 0 Å². The predicted molar refractivity (Wildman–Crippen MR) is 153 cm³/mol. The second-order valence-electron chi connectivity index (χ2n) is 9.50. The van der Waals surface area contributed by atoms with Crippen molar-refractivity contribution in [1.82, 2.24) is 4.98 Å². The summed E-state index contributed by atoms with van der Waals surface area (Å²) >= 11 is 3.07. The lowest BCUT2D eigenvalue weighted by Crippen LogP contribution is -2.26. The molecule has 222 valence electrons. The van der Waals surface area contributed by atoms with E-state index in [0.29, 0.717) is 35.3 Å². The van der Waals surface area contributed by atoms with Gasteiger partial charge in [0.2, 0.25) is 0 Å². The fourth-order valence-electron chi connectivity index (χ4n) is 4.23. The first-order valence-electron chi connectivity index (χ1n) is 13.7. The molecule has 1 aromatic heterocycles. The lowest BCUT2D eigenvalue weighted by Gasteiger charge is -2.22. The van der Waals surface area contributed by atoms with Gasteiger partial charge < -0.3 is 18.9 Å². The van der Waals surface area contributed by atoms with Gasteiger partial charge in [-0.25, -0.2) is 9.78 Å². The largest absolute Gasteiger partial charge is 0.479 e. The Kier molecular flexibility index (Phi) is 11.1. The summed E-state index contributed by atoms with van der Waals surface area (Å²) in [6, 6.07) is 10.9. The first kappa shape index (κ1) is 31.3. The van der Waals surface area contributed by atoms with Crippen LogP contribution >= 0.6 is 23.1 Å². The number of aromatic nitrogens is 1. The standard InChI is InChI=1S/C30H34F3NO5S2/c1-4-20-16-23(13-14-25(20)39-19(3)29(35)36-5-2)40-18-26-24(17-38-27-8-6-7-15-37-27)34-28(41-26)21-9-11-22(12-10-21)30(31,32)33/h9-14,16,19,27H,4-8,15,17-18H2,1-3H3. The van der Waals surface area contributed by atoms with Crippen molar-refractivity contribution in [2.75, 3.05) is 13.2 Å². The average Bonchev–Trinajstić information content (AvgIpc) is 3.38. The molecule has 11 heteroatoms. The molecule has 0 aliphatic carbocycles. The number of nitrogens with zero attached hydrogens (tertiary/aromatic N) is 1. The Morgan fingerprint density at radius 2 is 1.95 bits per heavy atom. The topological polar surface area (TPSA) is 66.9 Å². The lowest BCUT2D eigenvalue weighted by atomic mass is 10.1. The number of alkyl halides is 3. The molecule has 2 aromatic carbocycles. The zero-order valence-electron chi connectivity index (χ0n) is 23.3. The molecule has 0 amide bonds. The highest BCUT2D eigenvalue weighted by Gasteiger charge is 2.30. The molecule has 0 N–H and O–H groups in total. The number of aryl methyl sites for hydroxylation is 1. The number of carbonyl (C=O) groups is 1. The van der Waals surface area contributed by atoms with Crippen molar-refractivity contribution in [1.29, 1.82) is 0 Å². The molecule has 3 aromatic rings. The molecule has 1 aliphatic heterocycles. The summed E-state index contributed by atoms with van der Waals surface area (Å²) in [6.45, 7) is 6.66. The molecule has 0 radical (unpaired) electrons. The third-order valence-corrected chi connectivity index (χ3v) is 8.84. The molecule has 6 nitrogen and oxygen atoms in total. The number of rotatable bonds is 12. The van der Waals surface area contributed by atoms with Crippen LogP contribution in [0.3, 0.4) is 0 Å². The zero-order chi connectivity index (χ0) is 29.4. The molecular formula is C30H34F3NO5S2. The molecular weight excluding hydrogens is 575 g/mol. The van der Waals surface area contributed by atoms with Gasteiger partial charge in [0.25, 0.3) is 0 Å². The van der Waals surface area contributed by atoms with Crippen molar-refractivity contribution in [3.63, 3.8) is 0 Å². The molecule has 2 atom stereocenters. The third-order valence-electron chi connectivity index (χ3n) is 6.49. The zero-order valence-corrected chi connectivity index (χ0v) is 24.9. The highest BCUT2D eigenvalue weighted by molar-refractivity contribution is 7.98. The second-order valence-corrected chi connectivity index (χ2v) is 11.6. The van der Waals surface area contributed by atoms with Gasteiger partial charge in [0, 0.05) is 27.7 Å². The number of hydrogen-bond acceptors (Lipinski definition) is 8. The number of carbonyl (C=O) groups excluding carboxylic acids is 1. The predicted octanol–water partition coefficient (Wildman–Crippen LogP) is 8.06. The minimum atomic E-state index is -4.39. The minimum Gasteiger partial charge on any atom is -0.479 e. The van der Waals surface area contributed by atoms with Crippen molar-refractivity contribution in [3.8, 4) is 16.3 Å². The molecule has 4 rings (SSSR count). The Labute approximate surface area is 246 Å². The van der Waals surface area contributed by atoms with Crippen molar-refractivity contribution in [2.24, 2.45) is 0 Å². The van der Waals surface area contributed by atoms with E-state index in [1.807, 2.05) is 25.1 Å². The number of hydrogen-bond donors (Lipinski definition) is 0. The van der Waals surface area contributed by atoms with Crippen LogP contribution in [-0.4, -0.2) is 36.6 Å². The summed E-state index contributed by atoms with van der Waals surface area (Å²) in [5.41, 5.74) is 1.66. The van der Waals surface area contributed by atoms with Crippen molar-refractivity contribution in [3.05, 3.63) is 64.2 Å². The number of benzene rings is 2. The average molecular weight is 610 g/mol. The van der Waals surface area contributed by atoms with Crippen LogP contribution in [0.4, 0.5) is 13.2 Å². The van der Waals surface area contributed by atoms with Gasteiger partial charge in [-0.15, -0.1) is 23.1 Å². The van der Waals surface area contributed by atoms with Crippen LogP contribution in [0.25, 0.3) is 10.6 Å². The first-order chi connectivity index (χ1) is 19.7. The first-order valence-corrected chi connectivity index (χ1v) is 15.5. The Bertz CT molecular complexity index is 1290. The van der Waals surface area contributed by atoms with Crippen LogP contribution in [-0.2, 0) is 44.0 Å². The fraction of sp³-hybridized carbons (Fsp3) is 0.467. The highest BCUT2D eigenvalue weighted by Crippen LogP contribution is 2.37. The van der Waals surface area contributed by atoms with Gasteiger partial charge in [0.1, 0.15) is 10.8 Å². The van der Waals surface area contributed by atoms with Crippen LogP contribution in [0.2, 0.25) is 0 Å². The van der Waals surface area contributed by atoms with Crippen LogP contribution in [0.5, 0.6) is 5.75 Å². The van der Waals surface area contributed by atoms with E-state index in [0.717, 1.165) is 58.8 Å². The van der Waals surface area contributed by atoms with Gasteiger partial charge in [-0.2, -0.15) is 13.2 Å². The van der Waals surface area contributed by atoms with Gasteiger partial charge >= 0.3 is 12.1 Å². The van der Waals surface area contributed by atoms with Crippen molar-refractivity contribution in [2.45, 2.75) is 82.3 Å². The monoisotopic (exact) mass is 609 g/mol. The molecule has 1 saturated heterocycles. The number of thioether (sulfide) groups is 1. The van der Waals surface area contributed by atoms with E-state index in [1.54, 1.807) is 25.6 Å². The maximum Gasteiger partial charge on any atom is 0.416 e. The van der Waals surface area contributed by atoms with Gasteiger partial charge in [-0.1, -0.05) is 19.1 Å². The van der Waals surface area contributed by atoms with Gasteiger partial charge in [0.15, 0.2) is 12.4 Å². The number of esters is 1. The van der Waals surface area contributed by atoms with E-state index < -0.39 is 23.8 Å². The van der Waals surface area contributed by atoms with E-state index >= 15 is 0 Å². The maximum absolute atomic E-state index is 13.1. The molecule has 2 unspecified atom stereocenters. The molecule has 1 fully saturated rings. The van der Waals surface area contributed by atoms with Crippen molar-refractivity contribution >= 4 is 29.1 Å². The fourth-order valence-corrected chi connectivity index (χ4v) is 6.36.